The van der Waals surface area contributed by atoms with Gasteiger partial charge in [0, 0.05) is 0 Å². The van der Waals surface area contributed by atoms with Gasteiger partial charge in [-0.3, -0.25) is 0 Å². The monoisotopic (exact) mass is 697 g/mol. The molecule has 219 valence electrons. The van der Waals surface area contributed by atoms with E-state index in [-0.39, 0.29) is 7.25 Å². The van der Waals surface area contributed by atoms with Gasteiger partial charge in [-0.2, -0.15) is 0 Å². The summed E-state index contributed by atoms with van der Waals surface area (Å²) < 4.78 is 0.272. The van der Waals surface area contributed by atoms with E-state index >= 15 is 0 Å². The van der Waals surface area contributed by atoms with Gasteiger partial charge in [0.1, 0.15) is 0 Å². The summed E-state index contributed by atoms with van der Waals surface area (Å²) >= 11 is -4.79. The molecule has 0 aromatic heterocycles. The van der Waals surface area contributed by atoms with Crippen molar-refractivity contribution in [3.8, 4) is 22.3 Å². The van der Waals surface area contributed by atoms with Crippen molar-refractivity contribution in [1.82, 2.24) is 0 Å². The van der Waals surface area contributed by atoms with Crippen LogP contribution in [0.1, 0.15) is 67.7 Å². The summed E-state index contributed by atoms with van der Waals surface area (Å²) in [6, 6.07) is 33.3. The Hall–Kier alpha value is -1.96. The Labute approximate surface area is 266 Å². The zero-order valence-electron chi connectivity index (χ0n) is 25.7. The summed E-state index contributed by atoms with van der Waals surface area (Å²) in [5, 5.41) is 0. The SMILES string of the molecule is CC1=Cc2c(-c3ccccc3)ccc(C)c2[CH]1[Zr]([Cl])([Cl])([CH]1C(C2CCCC2)=Cc2c(-c3ccccc3)cccc21)[SiH](C)C. The van der Waals surface area contributed by atoms with Crippen molar-refractivity contribution < 1.29 is 15.6 Å². The first-order valence-electron chi connectivity index (χ1n) is 16.0. The molecule has 3 aliphatic rings. The second-order valence-electron chi connectivity index (χ2n) is 13.6. The topological polar surface area (TPSA) is 0 Å². The number of fused-ring (bicyclic) bond motifs is 2. The zero-order valence-corrected chi connectivity index (χ0v) is 30.8. The van der Waals surface area contributed by atoms with E-state index < -0.39 is 21.5 Å². The van der Waals surface area contributed by atoms with Gasteiger partial charge in [0.05, 0.1) is 0 Å². The van der Waals surface area contributed by atoms with Crippen molar-refractivity contribution in [2.24, 2.45) is 5.92 Å². The third-order valence-electron chi connectivity index (χ3n) is 10.9. The Morgan fingerprint density at radius 2 is 1.26 bits per heavy atom. The standard InChI is InChI=1S/C20H19.C17H15.C2H7Si.2ClH.Zr/c1-2-9-16(10-3-1)19-12-6-11-17-13-18(14-20(17)19)15-7-4-5-8-15;1-12-10-16-13(2)8-9-15(17(16)11-12)14-6-4-3-5-7-14;1-3-2;;;/h1-3,6,9-15H,4-5,7-8H2;3-11H,1-2H3;3H,1-2H3;2*1H;/q;;;;;+2/p-2. The average Bonchev–Trinajstić information content (AvgIpc) is 3.76. The molecular weight excluding hydrogens is 659 g/mol. The van der Waals surface area contributed by atoms with Crippen LogP contribution in [0.15, 0.2) is 102 Å². The Bertz CT molecular complexity index is 1760. The molecule has 0 N–H and O–H groups in total. The van der Waals surface area contributed by atoms with E-state index in [9.17, 15) is 0 Å². The molecule has 43 heavy (non-hydrogen) atoms. The molecule has 0 spiro atoms. The molecule has 0 saturated heterocycles. The Kier molecular flexibility index (Phi) is 7.70. The van der Waals surface area contributed by atoms with Gasteiger partial charge < -0.3 is 0 Å². The van der Waals surface area contributed by atoms with Gasteiger partial charge in [-0.05, 0) is 0 Å². The minimum atomic E-state index is -4.79. The molecule has 2 atom stereocenters. The first kappa shape index (κ1) is 29.7. The maximum atomic E-state index is 8.69. The molecule has 0 aliphatic heterocycles. The molecule has 0 amide bonds. The van der Waals surface area contributed by atoms with E-state index in [2.05, 4.69) is 130 Å². The summed E-state index contributed by atoms with van der Waals surface area (Å²) in [6.07, 6.45) is 10.1. The normalized spacial score (nSPS) is 20.9. The molecule has 0 bridgehead atoms. The van der Waals surface area contributed by atoms with Crippen LogP contribution in [0, 0.1) is 12.8 Å². The molecule has 4 aromatic carbocycles. The van der Waals surface area contributed by atoms with Crippen LogP contribution in [-0.4, -0.2) is 5.92 Å². The number of hydrogen-bond acceptors (Lipinski definition) is 0. The molecule has 1 fully saturated rings. The van der Waals surface area contributed by atoms with Crippen LogP contribution >= 0.6 is 17.0 Å². The molecule has 1 saturated carbocycles. The summed E-state index contributed by atoms with van der Waals surface area (Å²) in [4.78, 5) is 0. The molecule has 0 radical (unpaired) electrons. The van der Waals surface area contributed by atoms with Gasteiger partial charge >= 0.3 is 269 Å². The van der Waals surface area contributed by atoms with E-state index in [1.54, 1.807) is 5.57 Å². The molecule has 3 aliphatic carbocycles. The van der Waals surface area contributed by atoms with E-state index in [1.165, 1.54) is 81.3 Å². The first-order valence-corrected chi connectivity index (χ1v) is 32.4. The van der Waals surface area contributed by atoms with Crippen LogP contribution in [0.2, 0.25) is 13.1 Å². The fourth-order valence-electron chi connectivity index (χ4n) is 8.76. The number of aryl methyl sites for hydroxylation is 1. The number of rotatable bonds is 6. The van der Waals surface area contributed by atoms with E-state index in [1.807, 2.05) is 0 Å². The van der Waals surface area contributed by atoms with Crippen molar-refractivity contribution in [2.45, 2.75) is 59.9 Å². The zero-order chi connectivity index (χ0) is 30.0. The predicted molar refractivity (Wildman–Crippen MR) is 188 cm³/mol. The summed E-state index contributed by atoms with van der Waals surface area (Å²) in [7, 11) is 17.4. The van der Waals surface area contributed by atoms with Gasteiger partial charge in [0.15, 0.2) is 0 Å². The second kappa shape index (κ2) is 11.1. The number of benzene rings is 4. The van der Waals surface area contributed by atoms with Crippen LogP contribution in [0.25, 0.3) is 34.4 Å². The molecule has 4 heteroatoms. The number of hydrogen-bond donors (Lipinski definition) is 0. The number of allylic oxidation sites excluding steroid dienone is 2. The van der Waals surface area contributed by atoms with E-state index in [4.69, 9.17) is 17.0 Å². The molecule has 4 aromatic rings. The van der Waals surface area contributed by atoms with Crippen molar-refractivity contribution in [3.05, 3.63) is 130 Å². The summed E-state index contributed by atoms with van der Waals surface area (Å²) in [5.41, 5.74) is 14.9. The van der Waals surface area contributed by atoms with Crippen molar-refractivity contribution in [3.63, 3.8) is 0 Å². The van der Waals surface area contributed by atoms with Crippen LogP contribution < -0.4 is 0 Å². The molecule has 0 heterocycles. The Morgan fingerprint density at radius 1 is 0.651 bits per heavy atom. The summed E-state index contributed by atoms with van der Waals surface area (Å²) in [5.74, 6) is -1.03. The number of halogens is 2. The molecule has 7 rings (SSSR count). The van der Waals surface area contributed by atoms with Crippen molar-refractivity contribution in [2.75, 3.05) is 0 Å². The van der Waals surface area contributed by atoms with Crippen LogP contribution in [0.3, 0.4) is 0 Å². The van der Waals surface area contributed by atoms with Gasteiger partial charge in [0.2, 0.25) is 0 Å². The fourth-order valence-corrected chi connectivity index (χ4v) is 40.8. The quantitative estimate of drug-likeness (QED) is 0.176. The molecular formula is C39H41Cl2SiZr. The Morgan fingerprint density at radius 3 is 1.86 bits per heavy atom. The van der Waals surface area contributed by atoms with Crippen molar-refractivity contribution in [1.29, 1.82) is 0 Å². The molecule has 0 nitrogen and oxygen atoms in total. The first-order chi connectivity index (χ1) is 20.7. The summed E-state index contributed by atoms with van der Waals surface area (Å²) in [6.45, 7) is 9.54. The van der Waals surface area contributed by atoms with E-state index in [0.29, 0.717) is 5.92 Å². The van der Waals surface area contributed by atoms with Gasteiger partial charge in [-0.25, -0.2) is 0 Å². The minimum absolute atomic E-state index is 0.122. The Balaban J connectivity index is 1.48. The van der Waals surface area contributed by atoms with Gasteiger partial charge in [-0.1, -0.05) is 0 Å². The third-order valence-corrected chi connectivity index (χ3v) is 62.8. The van der Waals surface area contributed by atoms with Gasteiger partial charge in [0.25, 0.3) is 0 Å². The van der Waals surface area contributed by atoms with Crippen LogP contribution in [0.4, 0.5) is 0 Å². The van der Waals surface area contributed by atoms with Crippen LogP contribution in [0.5, 0.6) is 0 Å². The third kappa shape index (κ3) is 4.62. The predicted octanol–water partition coefficient (Wildman–Crippen LogP) is 12.1. The average molecular weight is 700 g/mol. The fraction of sp³-hybridized carbons (Fsp3) is 0.282. The van der Waals surface area contributed by atoms with Crippen LogP contribution in [-0.2, 0) is 15.6 Å². The van der Waals surface area contributed by atoms with Gasteiger partial charge in [-0.15, -0.1) is 0 Å². The molecule has 2 unspecified atom stereocenters. The second-order valence-corrected chi connectivity index (χ2v) is 56.1. The maximum absolute atomic E-state index is 8.69. The van der Waals surface area contributed by atoms with E-state index in [0.717, 1.165) is 0 Å². The van der Waals surface area contributed by atoms with Crippen molar-refractivity contribution >= 4 is 35.1 Å².